The lowest BCUT2D eigenvalue weighted by Gasteiger charge is -2.32. The van der Waals surface area contributed by atoms with Crippen molar-refractivity contribution in [1.29, 1.82) is 5.26 Å². The zero-order valence-electron chi connectivity index (χ0n) is 14.9. The number of likely N-dealkylation sites (tertiary alicyclic amines) is 1. The van der Waals surface area contributed by atoms with E-state index in [0.29, 0.717) is 18.1 Å². The second-order valence-electron chi connectivity index (χ2n) is 6.78. The number of nitriles is 1. The molecule has 2 aromatic rings. The van der Waals surface area contributed by atoms with Gasteiger partial charge in [0, 0.05) is 13.1 Å². The molecule has 4 nitrogen and oxygen atoms in total. The number of hydrogen-bond acceptors (Lipinski definition) is 3. The monoisotopic (exact) mass is 348 g/mol. The van der Waals surface area contributed by atoms with E-state index in [-0.39, 0.29) is 12.5 Å². The lowest BCUT2D eigenvalue weighted by atomic mass is 9.90. The average molecular weight is 348 g/mol. The van der Waals surface area contributed by atoms with Crippen molar-refractivity contribution in [2.75, 3.05) is 19.7 Å². The van der Waals surface area contributed by atoms with Crippen LogP contribution in [0.2, 0.25) is 0 Å². The molecule has 1 saturated heterocycles. The predicted molar refractivity (Wildman–Crippen MR) is 101 cm³/mol. The average Bonchev–Trinajstić information content (AvgIpc) is 2.69. The molecule has 1 fully saturated rings. The zero-order chi connectivity index (χ0) is 18.2. The van der Waals surface area contributed by atoms with Gasteiger partial charge in [-0.05, 0) is 48.4 Å². The molecule has 1 heterocycles. The lowest BCUT2D eigenvalue weighted by Crippen LogP contribution is -2.41. The van der Waals surface area contributed by atoms with Crippen molar-refractivity contribution in [3.05, 3.63) is 65.7 Å². The summed E-state index contributed by atoms with van der Waals surface area (Å²) in [5, 5.41) is 8.68. The predicted octanol–water partition coefficient (Wildman–Crippen LogP) is 3.61. The van der Waals surface area contributed by atoms with Crippen LogP contribution in [0, 0.1) is 17.2 Å². The Labute approximate surface area is 155 Å². The van der Waals surface area contributed by atoms with Gasteiger partial charge in [0.1, 0.15) is 5.75 Å². The molecular weight excluding hydrogens is 324 g/mol. The molecule has 0 spiro atoms. The van der Waals surface area contributed by atoms with Gasteiger partial charge in [0.05, 0.1) is 12.5 Å². The maximum absolute atomic E-state index is 12.4. The van der Waals surface area contributed by atoms with Crippen molar-refractivity contribution >= 4 is 5.91 Å². The number of amides is 1. The normalized spacial score (nSPS) is 14.7. The van der Waals surface area contributed by atoms with Crippen LogP contribution in [0.3, 0.4) is 0 Å². The van der Waals surface area contributed by atoms with E-state index < -0.39 is 0 Å². The summed E-state index contributed by atoms with van der Waals surface area (Å²) >= 11 is 0. The van der Waals surface area contributed by atoms with Crippen LogP contribution >= 0.6 is 0 Å². The van der Waals surface area contributed by atoms with E-state index in [0.717, 1.165) is 37.9 Å². The molecule has 0 N–H and O–H groups in total. The first-order valence-corrected chi connectivity index (χ1v) is 9.15. The van der Waals surface area contributed by atoms with Gasteiger partial charge in [0.2, 0.25) is 0 Å². The Morgan fingerprint density at radius 1 is 1.04 bits per heavy atom. The van der Waals surface area contributed by atoms with Crippen LogP contribution in [0.25, 0.3) is 0 Å². The van der Waals surface area contributed by atoms with Crippen LogP contribution in [0.5, 0.6) is 5.75 Å². The van der Waals surface area contributed by atoms with E-state index in [1.165, 1.54) is 5.56 Å². The summed E-state index contributed by atoms with van der Waals surface area (Å²) in [4.78, 5) is 14.3. The Kier molecular flexibility index (Phi) is 6.27. The number of hydrogen-bond donors (Lipinski definition) is 0. The SMILES string of the molecule is N#CCc1ccc(OCC(=O)N2CCC(Cc3ccccc3)CC2)cc1. The summed E-state index contributed by atoms with van der Waals surface area (Å²) in [5.74, 6) is 1.36. The fourth-order valence-corrected chi connectivity index (χ4v) is 3.37. The third-order valence-corrected chi connectivity index (χ3v) is 4.90. The first-order chi connectivity index (χ1) is 12.7. The fourth-order valence-electron chi connectivity index (χ4n) is 3.37. The number of piperidine rings is 1. The lowest BCUT2D eigenvalue weighted by molar-refractivity contribution is -0.134. The molecule has 0 atom stereocenters. The van der Waals surface area contributed by atoms with Crippen LogP contribution in [-0.2, 0) is 17.6 Å². The van der Waals surface area contributed by atoms with E-state index in [2.05, 4.69) is 30.3 Å². The van der Waals surface area contributed by atoms with Gasteiger partial charge in [-0.2, -0.15) is 5.26 Å². The molecule has 26 heavy (non-hydrogen) atoms. The number of ether oxygens (including phenoxy) is 1. The van der Waals surface area contributed by atoms with Gasteiger partial charge in [-0.25, -0.2) is 0 Å². The third-order valence-electron chi connectivity index (χ3n) is 4.90. The Morgan fingerprint density at radius 3 is 2.38 bits per heavy atom. The van der Waals surface area contributed by atoms with Gasteiger partial charge in [-0.3, -0.25) is 4.79 Å². The van der Waals surface area contributed by atoms with Gasteiger partial charge in [-0.15, -0.1) is 0 Å². The molecule has 3 rings (SSSR count). The topological polar surface area (TPSA) is 53.3 Å². The van der Waals surface area contributed by atoms with Crippen molar-refractivity contribution in [3.63, 3.8) is 0 Å². The minimum Gasteiger partial charge on any atom is -0.484 e. The summed E-state index contributed by atoms with van der Waals surface area (Å²) in [7, 11) is 0. The molecule has 1 aliphatic heterocycles. The van der Waals surface area contributed by atoms with Crippen LogP contribution in [0.4, 0.5) is 0 Å². The second-order valence-corrected chi connectivity index (χ2v) is 6.78. The molecule has 0 saturated carbocycles. The van der Waals surface area contributed by atoms with Crippen molar-refractivity contribution in [2.24, 2.45) is 5.92 Å². The number of benzene rings is 2. The van der Waals surface area contributed by atoms with E-state index in [1.807, 2.05) is 35.2 Å². The van der Waals surface area contributed by atoms with Gasteiger partial charge in [-0.1, -0.05) is 42.5 Å². The Morgan fingerprint density at radius 2 is 1.73 bits per heavy atom. The van der Waals surface area contributed by atoms with E-state index in [1.54, 1.807) is 0 Å². The van der Waals surface area contributed by atoms with Crippen LogP contribution in [0.15, 0.2) is 54.6 Å². The Bertz CT molecular complexity index is 742. The molecule has 0 unspecified atom stereocenters. The number of nitrogens with zero attached hydrogens (tertiary/aromatic N) is 2. The molecule has 1 amide bonds. The zero-order valence-corrected chi connectivity index (χ0v) is 14.9. The molecule has 0 bridgehead atoms. The Hall–Kier alpha value is -2.80. The van der Waals surface area contributed by atoms with E-state index >= 15 is 0 Å². The first-order valence-electron chi connectivity index (χ1n) is 9.15. The van der Waals surface area contributed by atoms with Gasteiger partial charge in [0.25, 0.3) is 5.91 Å². The van der Waals surface area contributed by atoms with Crippen LogP contribution in [0.1, 0.15) is 24.0 Å². The van der Waals surface area contributed by atoms with Crippen molar-refractivity contribution < 1.29 is 9.53 Å². The summed E-state index contributed by atoms with van der Waals surface area (Å²) in [6, 6.07) is 20.0. The second kappa shape index (κ2) is 9.05. The standard InChI is InChI=1S/C22H24N2O2/c23-13-10-18-6-8-21(9-7-18)26-17-22(25)24-14-11-20(12-15-24)16-19-4-2-1-3-5-19/h1-9,20H,10-12,14-17H2. The highest BCUT2D eigenvalue weighted by molar-refractivity contribution is 5.77. The maximum atomic E-state index is 12.4. The van der Waals surface area contributed by atoms with Crippen molar-refractivity contribution in [2.45, 2.75) is 25.7 Å². The quantitative estimate of drug-likeness (QED) is 0.801. The minimum atomic E-state index is 0.0456. The minimum absolute atomic E-state index is 0.0456. The molecule has 0 radical (unpaired) electrons. The van der Waals surface area contributed by atoms with E-state index in [4.69, 9.17) is 10.00 Å². The highest BCUT2D eigenvalue weighted by atomic mass is 16.5. The molecular formula is C22H24N2O2. The van der Waals surface area contributed by atoms with Crippen LogP contribution < -0.4 is 4.74 Å². The fraction of sp³-hybridized carbons (Fsp3) is 0.364. The van der Waals surface area contributed by atoms with Crippen LogP contribution in [-0.4, -0.2) is 30.5 Å². The molecule has 4 heteroatoms. The number of rotatable bonds is 6. The summed E-state index contributed by atoms with van der Waals surface area (Å²) in [5.41, 5.74) is 2.33. The third kappa shape index (κ3) is 5.10. The molecule has 0 aromatic heterocycles. The van der Waals surface area contributed by atoms with E-state index in [9.17, 15) is 4.79 Å². The summed E-state index contributed by atoms with van der Waals surface area (Å²) < 4.78 is 5.60. The van der Waals surface area contributed by atoms with Gasteiger partial charge >= 0.3 is 0 Å². The van der Waals surface area contributed by atoms with Crippen molar-refractivity contribution in [1.82, 2.24) is 4.90 Å². The summed E-state index contributed by atoms with van der Waals surface area (Å²) in [6.45, 7) is 1.68. The smallest absolute Gasteiger partial charge is 0.260 e. The van der Waals surface area contributed by atoms with Crippen molar-refractivity contribution in [3.8, 4) is 11.8 Å². The summed E-state index contributed by atoms with van der Waals surface area (Å²) in [6.07, 6.45) is 3.57. The Balaban J connectivity index is 1.41. The van der Waals surface area contributed by atoms with Gasteiger partial charge in [0.15, 0.2) is 6.61 Å². The highest BCUT2D eigenvalue weighted by Gasteiger charge is 2.23. The molecule has 0 aliphatic carbocycles. The molecule has 134 valence electrons. The first kappa shape index (κ1) is 18.0. The molecule has 1 aliphatic rings. The number of carbonyl (C=O) groups is 1. The maximum Gasteiger partial charge on any atom is 0.260 e. The largest absolute Gasteiger partial charge is 0.484 e. The number of carbonyl (C=O) groups excluding carboxylic acids is 1. The van der Waals surface area contributed by atoms with Gasteiger partial charge < -0.3 is 9.64 Å². The highest BCUT2D eigenvalue weighted by Crippen LogP contribution is 2.22. The molecule has 2 aromatic carbocycles.